The van der Waals surface area contributed by atoms with Gasteiger partial charge in [0.1, 0.15) is 0 Å². The van der Waals surface area contributed by atoms with Crippen molar-refractivity contribution in [3.63, 3.8) is 0 Å². The lowest BCUT2D eigenvalue weighted by molar-refractivity contribution is -0.119. The zero-order valence-corrected chi connectivity index (χ0v) is 22.6. The highest BCUT2D eigenvalue weighted by Gasteiger charge is 2.16. The molecule has 0 spiro atoms. The van der Waals surface area contributed by atoms with E-state index in [1.807, 2.05) is 19.1 Å². The predicted octanol–water partition coefficient (Wildman–Crippen LogP) is 6.60. The Morgan fingerprint density at radius 3 is 2.14 bits per heavy atom. The van der Waals surface area contributed by atoms with Gasteiger partial charge < -0.3 is 16.0 Å². The molecule has 0 bridgehead atoms. The Morgan fingerprint density at radius 1 is 0.806 bits per heavy atom. The summed E-state index contributed by atoms with van der Waals surface area (Å²) in [5.74, 6) is -0.0434. The molecule has 194 valence electrons. The van der Waals surface area contributed by atoms with E-state index in [4.69, 9.17) is 5.73 Å². The summed E-state index contributed by atoms with van der Waals surface area (Å²) in [5, 5.41) is 5.68. The maximum absolute atomic E-state index is 13.0. The van der Waals surface area contributed by atoms with Crippen molar-refractivity contribution in [1.29, 1.82) is 0 Å². The van der Waals surface area contributed by atoms with Crippen LogP contribution in [0.15, 0.2) is 60.7 Å². The fourth-order valence-electron chi connectivity index (χ4n) is 4.83. The number of carbonyl (C=O) groups is 1. The molecule has 0 aliphatic carbocycles. The topological polar surface area (TPSA) is 58.4 Å². The van der Waals surface area contributed by atoms with Crippen LogP contribution in [0.4, 0.5) is 5.69 Å². The summed E-state index contributed by atoms with van der Waals surface area (Å²) in [6.07, 6.45) is 10.1. The average Bonchev–Trinajstić information content (AvgIpc) is 2.88. The number of benzene rings is 3. The summed E-state index contributed by atoms with van der Waals surface area (Å²) in [7, 11) is 4.26. The number of unbranched alkanes of at least 4 members (excludes halogenated alkanes) is 4. The zero-order valence-electron chi connectivity index (χ0n) is 22.6. The number of aryl methyl sites for hydroxylation is 2. The Bertz CT molecular complexity index is 1070. The lowest BCUT2D eigenvalue weighted by Gasteiger charge is -2.16. The smallest absolute Gasteiger partial charge is 0.227 e. The van der Waals surface area contributed by atoms with Crippen LogP contribution in [0.1, 0.15) is 62.1 Å². The van der Waals surface area contributed by atoms with Crippen molar-refractivity contribution in [3.05, 3.63) is 77.4 Å². The molecule has 0 aliphatic rings. The summed E-state index contributed by atoms with van der Waals surface area (Å²) >= 11 is 0. The highest BCUT2D eigenvalue weighted by Crippen LogP contribution is 2.26. The number of hydrogen-bond acceptors (Lipinski definition) is 3. The third-order valence-electron chi connectivity index (χ3n) is 7.02. The Morgan fingerprint density at radius 2 is 1.44 bits per heavy atom. The van der Waals surface area contributed by atoms with Gasteiger partial charge in [0, 0.05) is 11.6 Å². The number of amides is 1. The Labute approximate surface area is 218 Å². The number of fused-ring (bicyclic) bond motifs is 1. The Hall–Kier alpha value is -2.69. The van der Waals surface area contributed by atoms with Gasteiger partial charge in [-0.2, -0.15) is 0 Å². The van der Waals surface area contributed by atoms with E-state index >= 15 is 0 Å². The molecule has 3 N–H and O–H groups in total. The molecule has 0 fully saturated rings. The average molecular weight is 488 g/mol. The fraction of sp³-hybridized carbons (Fsp3) is 0.469. The second-order valence-corrected chi connectivity index (χ2v) is 10.4. The van der Waals surface area contributed by atoms with Crippen LogP contribution >= 0.6 is 0 Å². The van der Waals surface area contributed by atoms with Gasteiger partial charge in [-0.3, -0.25) is 4.79 Å². The minimum atomic E-state index is -0.113. The minimum absolute atomic E-state index is 0.0692. The normalized spacial score (nSPS) is 12.2. The monoisotopic (exact) mass is 487 g/mol. The molecule has 0 heterocycles. The molecule has 0 saturated carbocycles. The molecule has 0 saturated heterocycles. The number of nitrogens with zero attached hydrogens (tertiary/aromatic N) is 1. The second kappa shape index (κ2) is 14.8. The van der Waals surface area contributed by atoms with E-state index in [1.54, 1.807) is 0 Å². The largest absolute Gasteiger partial charge is 0.330 e. The summed E-state index contributed by atoms with van der Waals surface area (Å²) in [5.41, 5.74) is 10.5. The van der Waals surface area contributed by atoms with Gasteiger partial charge in [-0.1, -0.05) is 68.3 Å². The van der Waals surface area contributed by atoms with Crippen molar-refractivity contribution in [1.82, 2.24) is 4.90 Å². The predicted molar refractivity (Wildman–Crippen MR) is 155 cm³/mol. The lowest BCUT2D eigenvalue weighted by Crippen LogP contribution is -2.22. The summed E-state index contributed by atoms with van der Waals surface area (Å²) in [6, 6.07) is 21.4. The molecular weight excluding hydrogens is 442 g/mol. The number of rotatable bonds is 15. The van der Waals surface area contributed by atoms with Crippen molar-refractivity contribution >= 4 is 22.4 Å². The summed E-state index contributed by atoms with van der Waals surface area (Å²) < 4.78 is 0. The first-order chi connectivity index (χ1) is 17.5. The lowest BCUT2D eigenvalue weighted by atomic mass is 9.91. The molecule has 1 atom stereocenters. The molecule has 3 rings (SSSR count). The van der Waals surface area contributed by atoms with Crippen LogP contribution in [-0.2, 0) is 24.1 Å². The van der Waals surface area contributed by atoms with E-state index in [0.29, 0.717) is 0 Å². The molecule has 3 aromatic rings. The van der Waals surface area contributed by atoms with Crippen LogP contribution in [0.5, 0.6) is 0 Å². The second-order valence-electron chi connectivity index (χ2n) is 10.4. The Balaban J connectivity index is 1.52. The van der Waals surface area contributed by atoms with Crippen molar-refractivity contribution in [2.75, 3.05) is 32.5 Å². The summed E-state index contributed by atoms with van der Waals surface area (Å²) in [6.45, 7) is 3.93. The van der Waals surface area contributed by atoms with E-state index in [0.717, 1.165) is 44.3 Å². The maximum atomic E-state index is 13.0. The van der Waals surface area contributed by atoms with Crippen molar-refractivity contribution in [2.45, 2.75) is 64.7 Å². The minimum Gasteiger partial charge on any atom is -0.330 e. The molecule has 4 nitrogen and oxygen atoms in total. The molecule has 3 aromatic carbocycles. The van der Waals surface area contributed by atoms with Crippen LogP contribution < -0.4 is 11.1 Å². The zero-order chi connectivity index (χ0) is 25.8. The number of carbonyl (C=O) groups excluding carboxylic acids is 1. The fourth-order valence-corrected chi connectivity index (χ4v) is 4.83. The van der Waals surface area contributed by atoms with Gasteiger partial charge in [0.15, 0.2) is 0 Å². The van der Waals surface area contributed by atoms with Crippen LogP contribution in [0.3, 0.4) is 0 Å². The Kier molecular flexibility index (Phi) is 11.4. The number of nitrogens with one attached hydrogen (secondary N) is 1. The van der Waals surface area contributed by atoms with Crippen LogP contribution in [0.25, 0.3) is 10.8 Å². The van der Waals surface area contributed by atoms with E-state index in [2.05, 4.69) is 72.8 Å². The van der Waals surface area contributed by atoms with Gasteiger partial charge in [-0.15, -0.1) is 0 Å². The van der Waals surface area contributed by atoms with E-state index < -0.39 is 0 Å². The molecule has 0 aromatic heterocycles. The third-order valence-corrected chi connectivity index (χ3v) is 7.02. The van der Waals surface area contributed by atoms with Crippen LogP contribution in [-0.4, -0.2) is 38.0 Å². The first kappa shape index (κ1) is 27.9. The van der Waals surface area contributed by atoms with Crippen molar-refractivity contribution in [3.8, 4) is 0 Å². The van der Waals surface area contributed by atoms with Gasteiger partial charge in [-0.25, -0.2) is 0 Å². The van der Waals surface area contributed by atoms with Gasteiger partial charge in [-0.05, 0) is 112 Å². The maximum Gasteiger partial charge on any atom is 0.227 e. The first-order valence-corrected chi connectivity index (χ1v) is 13.7. The van der Waals surface area contributed by atoms with E-state index in [9.17, 15) is 4.79 Å². The van der Waals surface area contributed by atoms with Gasteiger partial charge in [0.25, 0.3) is 0 Å². The van der Waals surface area contributed by atoms with E-state index in [1.165, 1.54) is 59.7 Å². The van der Waals surface area contributed by atoms with Crippen molar-refractivity contribution < 1.29 is 4.79 Å². The van der Waals surface area contributed by atoms with Gasteiger partial charge in [0.05, 0.1) is 0 Å². The molecule has 4 heteroatoms. The van der Waals surface area contributed by atoms with Gasteiger partial charge >= 0.3 is 0 Å². The van der Waals surface area contributed by atoms with Crippen molar-refractivity contribution in [2.24, 2.45) is 11.7 Å². The van der Waals surface area contributed by atoms with E-state index in [-0.39, 0.29) is 11.8 Å². The molecule has 0 aliphatic heterocycles. The molecule has 1 amide bonds. The molecule has 0 radical (unpaired) electrons. The SMILES string of the molecule is C[C@@H](Cc1ccc(CCCCN)c2ccccc12)C(=O)Nc1ccc(CCCCCCN(C)C)cc1. The molecule has 0 unspecified atom stereocenters. The number of hydrogen-bond donors (Lipinski definition) is 2. The number of anilines is 1. The first-order valence-electron chi connectivity index (χ1n) is 13.7. The third kappa shape index (κ3) is 8.76. The highest BCUT2D eigenvalue weighted by molar-refractivity contribution is 5.93. The quantitative estimate of drug-likeness (QED) is 0.237. The van der Waals surface area contributed by atoms with Crippen LogP contribution in [0, 0.1) is 5.92 Å². The highest BCUT2D eigenvalue weighted by atomic mass is 16.1. The molecule has 36 heavy (non-hydrogen) atoms. The summed E-state index contributed by atoms with van der Waals surface area (Å²) in [4.78, 5) is 15.2. The molecular formula is C32H45N3O. The van der Waals surface area contributed by atoms with Gasteiger partial charge in [0.2, 0.25) is 5.91 Å². The standard InChI is InChI=1S/C32H45N3O/c1-25(24-28-19-18-27(13-9-10-22-33)30-14-7-8-15-31(28)30)32(36)34-29-20-16-26(17-21-29)12-6-4-5-11-23-35(2)3/h7-8,14-21,25H,4-6,9-13,22-24,33H2,1-3H3,(H,34,36)/t25-/m0/s1. The van der Waals surface area contributed by atoms with Crippen LogP contribution in [0.2, 0.25) is 0 Å². The number of nitrogens with two attached hydrogens (primary N) is 1.